The molecule has 0 spiro atoms. The van der Waals surface area contributed by atoms with Crippen LogP contribution in [0.3, 0.4) is 0 Å². The Hall–Kier alpha value is -2.34. The highest BCUT2D eigenvalue weighted by atomic mass is 16.5. The zero-order chi connectivity index (χ0) is 18.7. The van der Waals surface area contributed by atoms with Gasteiger partial charge in [-0.25, -0.2) is 4.98 Å². The Kier molecular flexibility index (Phi) is 5.32. The van der Waals surface area contributed by atoms with Crippen LogP contribution in [0.4, 0.5) is 0 Å². The van der Waals surface area contributed by atoms with Crippen molar-refractivity contribution >= 4 is 5.91 Å². The van der Waals surface area contributed by atoms with Crippen molar-refractivity contribution in [2.45, 2.75) is 38.7 Å². The quantitative estimate of drug-likeness (QED) is 0.913. The number of carbonyl (C=O) groups is 1. The smallest absolute Gasteiger partial charge is 0.274 e. The number of nitrogens with zero attached hydrogens (tertiary/aromatic N) is 3. The predicted octanol–water partition coefficient (Wildman–Crippen LogP) is 2.47. The van der Waals surface area contributed by atoms with Gasteiger partial charge in [-0.15, -0.1) is 0 Å². The van der Waals surface area contributed by atoms with Crippen LogP contribution in [0.2, 0.25) is 0 Å². The minimum absolute atomic E-state index is 0.0788. The van der Waals surface area contributed by atoms with E-state index < -0.39 is 5.60 Å². The van der Waals surface area contributed by atoms with Gasteiger partial charge in [0.05, 0.1) is 6.33 Å². The van der Waals surface area contributed by atoms with Crippen LogP contribution in [-0.4, -0.2) is 50.8 Å². The molecule has 1 fully saturated rings. The van der Waals surface area contributed by atoms with Gasteiger partial charge < -0.3 is 19.3 Å². The molecule has 1 aliphatic heterocycles. The van der Waals surface area contributed by atoms with Gasteiger partial charge in [-0.2, -0.15) is 0 Å². The maximum Gasteiger partial charge on any atom is 0.274 e. The summed E-state index contributed by atoms with van der Waals surface area (Å²) >= 11 is 0. The van der Waals surface area contributed by atoms with Crippen molar-refractivity contribution in [3.05, 3.63) is 47.5 Å². The van der Waals surface area contributed by atoms with Crippen molar-refractivity contribution < 1.29 is 14.6 Å². The molecule has 1 N–H and O–H groups in total. The third-order valence-electron chi connectivity index (χ3n) is 5.11. The number of rotatable bonds is 4. The molecule has 2 heterocycles. The summed E-state index contributed by atoms with van der Waals surface area (Å²) in [5.41, 5.74) is 1.92. The van der Waals surface area contributed by atoms with Crippen molar-refractivity contribution in [3.8, 4) is 5.75 Å². The minimum Gasteiger partial charge on any atom is -0.491 e. The number of hydrogen-bond donors (Lipinski definition) is 1. The van der Waals surface area contributed by atoms with E-state index >= 15 is 0 Å². The Morgan fingerprint density at radius 3 is 2.77 bits per heavy atom. The molecule has 1 atom stereocenters. The van der Waals surface area contributed by atoms with Crippen molar-refractivity contribution in [2.24, 2.45) is 7.05 Å². The maximum absolute atomic E-state index is 12.6. The van der Waals surface area contributed by atoms with Crippen LogP contribution < -0.4 is 4.74 Å². The Morgan fingerprint density at radius 2 is 2.08 bits per heavy atom. The average Bonchev–Trinajstić information content (AvgIpc) is 2.95. The summed E-state index contributed by atoms with van der Waals surface area (Å²) in [5, 5.41) is 10.9. The molecule has 6 heteroatoms. The second-order valence-electron chi connectivity index (χ2n) is 7.33. The molecule has 3 rings (SSSR count). The standard InChI is InChI=1S/C20H27N3O3/c1-15-5-6-17(11-16(15)2)26-13-20(25)7-4-9-23(10-8-20)19(24)18-12-22(3)14-21-18/h5-6,11-12,14,25H,4,7-10,13H2,1-3H3. The second kappa shape index (κ2) is 7.50. The number of ether oxygens (including phenoxy) is 1. The van der Waals surface area contributed by atoms with Gasteiger partial charge in [0, 0.05) is 26.3 Å². The van der Waals surface area contributed by atoms with Gasteiger partial charge in [-0.3, -0.25) is 4.79 Å². The van der Waals surface area contributed by atoms with E-state index in [4.69, 9.17) is 4.74 Å². The van der Waals surface area contributed by atoms with Gasteiger partial charge in [-0.1, -0.05) is 6.07 Å². The van der Waals surface area contributed by atoms with E-state index in [-0.39, 0.29) is 12.5 Å². The Labute approximate surface area is 154 Å². The largest absolute Gasteiger partial charge is 0.491 e. The number of aromatic nitrogens is 2. The number of aliphatic hydroxyl groups is 1. The Bertz CT molecular complexity index is 786. The Morgan fingerprint density at radius 1 is 1.27 bits per heavy atom. The van der Waals surface area contributed by atoms with Crippen LogP contribution in [0.15, 0.2) is 30.7 Å². The van der Waals surface area contributed by atoms with E-state index in [1.165, 1.54) is 11.1 Å². The monoisotopic (exact) mass is 357 g/mol. The lowest BCUT2D eigenvalue weighted by molar-refractivity contribution is -0.0163. The third-order valence-corrected chi connectivity index (χ3v) is 5.11. The first kappa shape index (κ1) is 18.5. The number of aryl methyl sites for hydroxylation is 3. The summed E-state index contributed by atoms with van der Waals surface area (Å²) < 4.78 is 7.62. The van der Waals surface area contributed by atoms with Crippen molar-refractivity contribution in [1.29, 1.82) is 0 Å². The minimum atomic E-state index is -0.919. The molecule has 1 aromatic carbocycles. The molecule has 0 bridgehead atoms. The van der Waals surface area contributed by atoms with Crippen molar-refractivity contribution in [1.82, 2.24) is 14.5 Å². The highest BCUT2D eigenvalue weighted by molar-refractivity contribution is 5.92. The normalized spacial score (nSPS) is 20.7. The molecule has 1 amide bonds. The van der Waals surface area contributed by atoms with Crippen LogP contribution in [0, 0.1) is 13.8 Å². The van der Waals surface area contributed by atoms with Gasteiger partial charge in [0.1, 0.15) is 23.7 Å². The molecule has 1 saturated heterocycles. The third kappa shape index (κ3) is 4.25. The SMILES string of the molecule is Cc1ccc(OCC2(O)CCCN(C(=O)c3cn(C)cn3)CC2)cc1C. The van der Waals surface area contributed by atoms with E-state index in [0.717, 1.165) is 12.2 Å². The van der Waals surface area contributed by atoms with Crippen LogP contribution in [0.1, 0.15) is 40.9 Å². The van der Waals surface area contributed by atoms with Crippen molar-refractivity contribution in [2.75, 3.05) is 19.7 Å². The number of amides is 1. The molecule has 0 aliphatic carbocycles. The topological polar surface area (TPSA) is 67.6 Å². The molecule has 0 saturated carbocycles. The predicted molar refractivity (Wildman–Crippen MR) is 99.3 cm³/mol. The molecule has 140 valence electrons. The molecule has 0 radical (unpaired) electrons. The summed E-state index contributed by atoms with van der Waals surface area (Å²) in [4.78, 5) is 18.5. The van der Waals surface area contributed by atoms with Crippen LogP contribution in [-0.2, 0) is 7.05 Å². The summed E-state index contributed by atoms with van der Waals surface area (Å²) in [5.74, 6) is 0.692. The molecule has 1 unspecified atom stereocenters. The second-order valence-corrected chi connectivity index (χ2v) is 7.33. The highest BCUT2D eigenvalue weighted by Crippen LogP contribution is 2.25. The number of hydrogen-bond acceptors (Lipinski definition) is 4. The summed E-state index contributed by atoms with van der Waals surface area (Å²) in [6, 6.07) is 5.95. The van der Waals surface area contributed by atoms with Crippen LogP contribution in [0.25, 0.3) is 0 Å². The zero-order valence-corrected chi connectivity index (χ0v) is 15.7. The van der Waals surface area contributed by atoms with Gasteiger partial charge in [0.25, 0.3) is 5.91 Å². The number of benzene rings is 1. The molecular formula is C20H27N3O3. The van der Waals surface area contributed by atoms with E-state index in [1.54, 1.807) is 22.0 Å². The van der Waals surface area contributed by atoms with E-state index in [1.807, 2.05) is 32.2 Å². The van der Waals surface area contributed by atoms with Crippen LogP contribution in [0.5, 0.6) is 5.75 Å². The maximum atomic E-state index is 12.6. The van der Waals surface area contributed by atoms with Crippen LogP contribution >= 0.6 is 0 Å². The van der Waals surface area contributed by atoms with E-state index in [9.17, 15) is 9.90 Å². The molecule has 1 aromatic heterocycles. The first-order valence-corrected chi connectivity index (χ1v) is 9.06. The number of carbonyl (C=O) groups excluding carboxylic acids is 1. The molecule has 26 heavy (non-hydrogen) atoms. The summed E-state index contributed by atoms with van der Waals surface area (Å²) in [6.45, 7) is 5.47. The lowest BCUT2D eigenvalue weighted by Crippen LogP contribution is -2.38. The van der Waals surface area contributed by atoms with E-state index in [2.05, 4.69) is 11.9 Å². The average molecular weight is 357 g/mol. The number of likely N-dealkylation sites (tertiary alicyclic amines) is 1. The molecular weight excluding hydrogens is 330 g/mol. The fraction of sp³-hybridized carbons (Fsp3) is 0.500. The highest BCUT2D eigenvalue weighted by Gasteiger charge is 2.33. The lowest BCUT2D eigenvalue weighted by Gasteiger charge is -2.27. The number of imidazole rings is 1. The first-order chi connectivity index (χ1) is 12.4. The lowest BCUT2D eigenvalue weighted by atomic mass is 9.96. The zero-order valence-electron chi connectivity index (χ0n) is 15.7. The van der Waals surface area contributed by atoms with Gasteiger partial charge in [-0.05, 0) is 56.4 Å². The molecule has 2 aromatic rings. The molecule has 1 aliphatic rings. The fourth-order valence-electron chi connectivity index (χ4n) is 3.23. The summed E-state index contributed by atoms with van der Waals surface area (Å²) in [6.07, 6.45) is 5.20. The van der Waals surface area contributed by atoms with E-state index in [0.29, 0.717) is 31.6 Å². The van der Waals surface area contributed by atoms with Gasteiger partial charge >= 0.3 is 0 Å². The van der Waals surface area contributed by atoms with Crippen molar-refractivity contribution in [3.63, 3.8) is 0 Å². The van der Waals surface area contributed by atoms with Gasteiger partial charge in [0.15, 0.2) is 0 Å². The first-order valence-electron chi connectivity index (χ1n) is 9.06. The Balaban J connectivity index is 1.59. The van der Waals surface area contributed by atoms with Gasteiger partial charge in [0.2, 0.25) is 0 Å². The molecule has 6 nitrogen and oxygen atoms in total. The fourth-order valence-corrected chi connectivity index (χ4v) is 3.23. The summed E-state index contributed by atoms with van der Waals surface area (Å²) in [7, 11) is 1.84.